The van der Waals surface area contributed by atoms with Crippen molar-refractivity contribution in [3.63, 3.8) is 0 Å². The molecule has 2 aliphatic heterocycles. The molecule has 1 aliphatic carbocycles. The van der Waals surface area contributed by atoms with Crippen LogP contribution < -0.4 is 5.32 Å². The lowest BCUT2D eigenvalue weighted by Crippen LogP contribution is -2.81. The SMILES string of the molecule is c1ccc(C2(c3ccccc3)c3ccccc3-c3cc(-c4cc5c6c(c4)c4ccccc4n6C4=Nc6cc7ccccc7cc6[NH2+]C45)ccc32)cc1. The van der Waals surface area contributed by atoms with E-state index in [0.717, 1.165) is 11.5 Å². The van der Waals surface area contributed by atoms with E-state index in [4.69, 9.17) is 4.99 Å². The second-order valence-corrected chi connectivity index (χ2v) is 14.5. The number of benzene rings is 8. The molecule has 3 heterocycles. The van der Waals surface area contributed by atoms with E-state index in [0.29, 0.717) is 0 Å². The third-order valence-electron chi connectivity index (χ3n) is 11.9. The van der Waals surface area contributed by atoms with Crippen molar-refractivity contribution in [3.8, 4) is 22.3 Å². The molecule has 3 aliphatic rings. The quantitative estimate of drug-likeness (QED) is 0.183. The molecule has 0 fully saturated rings. The number of hydrogen-bond acceptors (Lipinski definition) is 1. The van der Waals surface area contributed by atoms with Gasteiger partial charge >= 0.3 is 0 Å². The molecule has 1 unspecified atom stereocenters. The van der Waals surface area contributed by atoms with Gasteiger partial charge in [-0.05, 0) is 85.6 Å². The molecule has 2 N–H and O–H groups in total. The Morgan fingerprint density at radius 2 is 1.19 bits per heavy atom. The van der Waals surface area contributed by atoms with Gasteiger partial charge in [0.25, 0.3) is 0 Å². The Hall–Kier alpha value is -6.55. The number of fused-ring (bicyclic) bond motifs is 11. The smallest absolute Gasteiger partial charge is 0.178 e. The highest BCUT2D eigenvalue weighted by molar-refractivity contribution is 6.21. The van der Waals surface area contributed by atoms with Crippen LogP contribution in [0.15, 0.2) is 181 Å². The minimum Gasteiger partial charge on any atom is -0.299 e. The van der Waals surface area contributed by atoms with Crippen molar-refractivity contribution in [1.29, 1.82) is 0 Å². The summed E-state index contributed by atoms with van der Waals surface area (Å²) in [4.78, 5) is 5.42. The molecule has 0 bridgehead atoms. The van der Waals surface area contributed by atoms with E-state index >= 15 is 0 Å². The molecule has 0 spiro atoms. The Balaban J connectivity index is 1.09. The molecule has 242 valence electrons. The Morgan fingerprint density at radius 1 is 0.519 bits per heavy atom. The molecule has 1 atom stereocenters. The van der Waals surface area contributed by atoms with Crippen LogP contribution in [0.4, 0.5) is 11.4 Å². The number of aromatic nitrogens is 1. The fourth-order valence-corrected chi connectivity index (χ4v) is 9.74. The van der Waals surface area contributed by atoms with Gasteiger partial charge in [0.15, 0.2) is 17.6 Å². The van der Waals surface area contributed by atoms with Crippen LogP contribution in [0, 0.1) is 0 Å². The van der Waals surface area contributed by atoms with Crippen molar-refractivity contribution in [1.82, 2.24) is 4.57 Å². The van der Waals surface area contributed by atoms with Gasteiger partial charge in [0.2, 0.25) is 0 Å². The zero-order valence-electron chi connectivity index (χ0n) is 28.3. The molecule has 0 radical (unpaired) electrons. The molecule has 8 aromatic carbocycles. The van der Waals surface area contributed by atoms with E-state index in [1.165, 1.54) is 88.3 Å². The first-order chi connectivity index (χ1) is 25.8. The number of nitrogens with zero attached hydrogens (tertiary/aromatic N) is 2. The van der Waals surface area contributed by atoms with Gasteiger partial charge in [0.05, 0.1) is 16.4 Å². The maximum Gasteiger partial charge on any atom is 0.178 e. The van der Waals surface area contributed by atoms with Crippen molar-refractivity contribution < 1.29 is 5.32 Å². The number of para-hydroxylation sites is 1. The third-order valence-corrected chi connectivity index (χ3v) is 11.9. The lowest BCUT2D eigenvalue weighted by atomic mass is 9.67. The number of aliphatic imine (C=N–C) groups is 1. The van der Waals surface area contributed by atoms with E-state index in [1.54, 1.807) is 0 Å². The molecule has 3 nitrogen and oxygen atoms in total. The predicted molar refractivity (Wildman–Crippen MR) is 213 cm³/mol. The first-order valence-corrected chi connectivity index (χ1v) is 18.2. The van der Waals surface area contributed by atoms with Gasteiger partial charge in [0, 0.05) is 22.4 Å². The average Bonchev–Trinajstić information content (AvgIpc) is 3.82. The number of nitrogens with two attached hydrogens (primary N) is 1. The van der Waals surface area contributed by atoms with Crippen molar-refractivity contribution in [2.45, 2.75) is 11.5 Å². The van der Waals surface area contributed by atoms with Crippen molar-refractivity contribution >= 4 is 49.8 Å². The van der Waals surface area contributed by atoms with Crippen molar-refractivity contribution in [2.24, 2.45) is 4.99 Å². The van der Waals surface area contributed by atoms with Gasteiger partial charge in [-0.1, -0.05) is 140 Å². The fraction of sp³-hybridized carbons (Fsp3) is 0.0408. The number of quaternary nitrogens is 1. The van der Waals surface area contributed by atoms with E-state index < -0.39 is 5.41 Å². The Morgan fingerprint density at radius 3 is 2.00 bits per heavy atom. The highest BCUT2D eigenvalue weighted by atomic mass is 15.2. The van der Waals surface area contributed by atoms with E-state index in [9.17, 15) is 0 Å². The summed E-state index contributed by atoms with van der Waals surface area (Å²) in [5.41, 5.74) is 16.0. The Labute approximate surface area is 301 Å². The predicted octanol–water partition coefficient (Wildman–Crippen LogP) is 10.8. The summed E-state index contributed by atoms with van der Waals surface area (Å²) in [5.74, 6) is 1.10. The fourth-order valence-electron chi connectivity index (χ4n) is 9.74. The lowest BCUT2D eigenvalue weighted by molar-refractivity contribution is -0.599. The summed E-state index contributed by atoms with van der Waals surface area (Å²) in [6.45, 7) is 0. The van der Waals surface area contributed by atoms with Crippen LogP contribution in [-0.4, -0.2) is 10.4 Å². The summed E-state index contributed by atoms with van der Waals surface area (Å²) in [6.07, 6.45) is 0. The lowest BCUT2D eigenvalue weighted by Gasteiger charge is -2.33. The van der Waals surface area contributed by atoms with Crippen LogP contribution in [0.1, 0.15) is 33.9 Å². The zero-order valence-corrected chi connectivity index (χ0v) is 28.3. The molecular weight excluding hydrogens is 631 g/mol. The van der Waals surface area contributed by atoms with Gasteiger partial charge < -0.3 is 0 Å². The largest absolute Gasteiger partial charge is 0.299 e. The van der Waals surface area contributed by atoms with Crippen LogP contribution in [0.5, 0.6) is 0 Å². The first kappa shape index (κ1) is 28.2. The van der Waals surface area contributed by atoms with Crippen LogP contribution in [0.25, 0.3) is 54.8 Å². The summed E-state index contributed by atoms with van der Waals surface area (Å²) in [5, 5.41) is 7.46. The van der Waals surface area contributed by atoms with Crippen LogP contribution in [-0.2, 0) is 5.41 Å². The second kappa shape index (κ2) is 10.3. The molecule has 9 aromatic rings. The van der Waals surface area contributed by atoms with Crippen molar-refractivity contribution in [2.75, 3.05) is 0 Å². The molecule has 0 saturated heterocycles. The van der Waals surface area contributed by atoms with Gasteiger partial charge in [-0.2, -0.15) is 0 Å². The topological polar surface area (TPSA) is 33.9 Å². The monoisotopic (exact) mass is 662 g/mol. The van der Waals surface area contributed by atoms with Gasteiger partial charge in [0.1, 0.15) is 5.69 Å². The maximum absolute atomic E-state index is 5.42. The normalized spacial score (nSPS) is 16.1. The summed E-state index contributed by atoms with van der Waals surface area (Å²) in [7, 11) is 0. The van der Waals surface area contributed by atoms with Crippen LogP contribution in [0.2, 0.25) is 0 Å². The Kier molecular flexibility index (Phi) is 5.56. The maximum atomic E-state index is 5.42. The van der Waals surface area contributed by atoms with Crippen molar-refractivity contribution in [3.05, 3.63) is 204 Å². The minimum atomic E-state index is -0.404. The molecule has 0 saturated carbocycles. The third kappa shape index (κ3) is 3.60. The standard InChI is InChI=1S/C49H31N3/c1-3-15-34(16-4-1)49(35-17-5-2-6-18-35)41-21-11-9-19-36(41)38-25-32(23-24-42(38)49)33-26-39-37-20-10-12-22-45(37)52-47(39)40(27-33)46-48(52)51-44-29-31-14-8-7-13-30(31)28-43(44)50-46/h1-29,46,50H/p+1. The second-order valence-electron chi connectivity index (χ2n) is 14.5. The summed E-state index contributed by atoms with van der Waals surface area (Å²) >= 11 is 0. The number of hydrogen-bond donors (Lipinski definition) is 1. The minimum absolute atomic E-state index is 0.0784. The first-order valence-electron chi connectivity index (χ1n) is 18.2. The highest BCUT2D eigenvalue weighted by Gasteiger charge is 2.46. The van der Waals surface area contributed by atoms with E-state index in [1.807, 2.05) is 0 Å². The summed E-state index contributed by atoms with van der Waals surface area (Å²) in [6, 6.07) is 65.2. The Bertz CT molecular complexity index is 2950. The van der Waals surface area contributed by atoms with Crippen LogP contribution >= 0.6 is 0 Å². The molecular formula is C49H32N3+. The molecule has 12 rings (SSSR count). The van der Waals surface area contributed by atoms with E-state index in [-0.39, 0.29) is 6.04 Å². The van der Waals surface area contributed by atoms with Crippen LogP contribution in [0.3, 0.4) is 0 Å². The average molecular weight is 663 g/mol. The molecule has 3 heteroatoms. The molecule has 1 aromatic heterocycles. The van der Waals surface area contributed by atoms with Gasteiger partial charge in [-0.25, -0.2) is 4.99 Å². The summed E-state index contributed by atoms with van der Waals surface area (Å²) < 4.78 is 2.43. The highest BCUT2D eigenvalue weighted by Crippen LogP contribution is 2.57. The van der Waals surface area contributed by atoms with Gasteiger partial charge in [-0.15, -0.1) is 0 Å². The molecule has 0 amide bonds. The number of rotatable bonds is 3. The van der Waals surface area contributed by atoms with E-state index in [2.05, 4.69) is 186 Å². The zero-order chi connectivity index (χ0) is 34.0. The van der Waals surface area contributed by atoms with Gasteiger partial charge in [-0.3, -0.25) is 9.88 Å². The molecule has 52 heavy (non-hydrogen) atoms.